The molecule has 0 unspecified atom stereocenters. The number of nitrogens with zero attached hydrogens (tertiary/aromatic N) is 3. The van der Waals surface area contributed by atoms with Crippen LogP contribution in [0.15, 0.2) is 5.38 Å². The highest BCUT2D eigenvalue weighted by molar-refractivity contribution is 7.09. The minimum atomic E-state index is -0.819. The van der Waals surface area contributed by atoms with Gasteiger partial charge in [0.1, 0.15) is 10.7 Å². The first-order valence-electron chi connectivity index (χ1n) is 7.40. The predicted octanol–water partition coefficient (Wildman–Crippen LogP) is 1.63. The zero-order valence-corrected chi connectivity index (χ0v) is 14.3. The Hall–Kier alpha value is -1.47. The lowest BCUT2D eigenvalue weighted by Gasteiger charge is -2.18. The summed E-state index contributed by atoms with van der Waals surface area (Å²) in [5.74, 6) is -1.22. The van der Waals surface area contributed by atoms with E-state index in [1.165, 1.54) is 11.3 Å². The Balaban J connectivity index is 2.10. The summed E-state index contributed by atoms with van der Waals surface area (Å²) in [5.41, 5.74) is 0.426. The molecule has 1 amide bonds. The number of aliphatic carboxylic acids is 1. The van der Waals surface area contributed by atoms with Crippen molar-refractivity contribution in [1.82, 2.24) is 14.8 Å². The van der Waals surface area contributed by atoms with Gasteiger partial charge in [-0.3, -0.25) is 9.59 Å². The van der Waals surface area contributed by atoms with Gasteiger partial charge in [-0.2, -0.15) is 0 Å². The summed E-state index contributed by atoms with van der Waals surface area (Å²) in [7, 11) is 3.90. The average Bonchev–Trinajstić information content (AvgIpc) is 3.03. The Morgan fingerprint density at radius 1 is 1.45 bits per heavy atom. The van der Waals surface area contributed by atoms with Crippen molar-refractivity contribution in [2.45, 2.75) is 20.4 Å². The van der Waals surface area contributed by atoms with Crippen molar-refractivity contribution in [2.24, 2.45) is 17.8 Å². The first-order valence-corrected chi connectivity index (χ1v) is 8.28. The molecule has 2 heterocycles. The number of aromatic nitrogens is 1. The van der Waals surface area contributed by atoms with Gasteiger partial charge in [0.05, 0.1) is 5.92 Å². The third kappa shape index (κ3) is 3.64. The van der Waals surface area contributed by atoms with Gasteiger partial charge in [0.2, 0.25) is 0 Å². The molecule has 1 aliphatic rings. The topological polar surface area (TPSA) is 73.7 Å². The zero-order chi connectivity index (χ0) is 16.4. The van der Waals surface area contributed by atoms with E-state index >= 15 is 0 Å². The smallest absolute Gasteiger partial charge is 0.308 e. The van der Waals surface area contributed by atoms with Gasteiger partial charge in [-0.05, 0) is 25.9 Å². The first-order chi connectivity index (χ1) is 10.3. The Morgan fingerprint density at radius 3 is 2.64 bits per heavy atom. The summed E-state index contributed by atoms with van der Waals surface area (Å²) in [6.07, 6.45) is 0. The SMILES string of the molecule is CC(C)[C@H]1CN(C(=O)c2csc(CN(C)C)n2)C[C@@H]1C(=O)O. The van der Waals surface area contributed by atoms with Gasteiger partial charge in [-0.1, -0.05) is 13.8 Å². The maximum atomic E-state index is 12.5. The predicted molar refractivity (Wildman–Crippen MR) is 84.9 cm³/mol. The number of hydrogen-bond acceptors (Lipinski definition) is 5. The van der Waals surface area contributed by atoms with Crippen molar-refractivity contribution in [2.75, 3.05) is 27.2 Å². The van der Waals surface area contributed by atoms with Crippen LogP contribution in [0.25, 0.3) is 0 Å². The highest BCUT2D eigenvalue weighted by Crippen LogP contribution is 2.31. The molecular formula is C15H23N3O3S. The molecule has 0 spiro atoms. The molecule has 2 atom stereocenters. The molecule has 7 heteroatoms. The van der Waals surface area contributed by atoms with Gasteiger partial charge in [-0.25, -0.2) is 4.98 Å². The maximum Gasteiger partial charge on any atom is 0.308 e. The Kier molecular flexibility index (Phi) is 5.18. The van der Waals surface area contributed by atoms with Crippen molar-refractivity contribution in [1.29, 1.82) is 0 Å². The van der Waals surface area contributed by atoms with Gasteiger partial charge < -0.3 is 14.9 Å². The van der Waals surface area contributed by atoms with Crippen LogP contribution in [0, 0.1) is 17.8 Å². The molecule has 2 rings (SSSR count). The largest absolute Gasteiger partial charge is 0.481 e. The second kappa shape index (κ2) is 6.75. The van der Waals surface area contributed by atoms with Crippen molar-refractivity contribution in [3.8, 4) is 0 Å². The lowest BCUT2D eigenvalue weighted by atomic mass is 9.86. The minimum Gasteiger partial charge on any atom is -0.481 e. The van der Waals surface area contributed by atoms with E-state index in [4.69, 9.17) is 0 Å². The van der Waals surface area contributed by atoms with Crippen LogP contribution >= 0.6 is 11.3 Å². The molecule has 0 bridgehead atoms. The summed E-state index contributed by atoms with van der Waals surface area (Å²) in [6.45, 7) is 5.48. The fourth-order valence-electron chi connectivity index (χ4n) is 2.85. The summed E-state index contributed by atoms with van der Waals surface area (Å²) >= 11 is 1.46. The normalized spacial score (nSPS) is 21.8. The van der Waals surface area contributed by atoms with Crippen molar-refractivity contribution < 1.29 is 14.7 Å². The molecular weight excluding hydrogens is 302 g/mol. The number of likely N-dealkylation sites (tertiary alicyclic amines) is 1. The van der Waals surface area contributed by atoms with Crippen LogP contribution < -0.4 is 0 Å². The first kappa shape index (κ1) is 16.9. The Bertz CT molecular complexity index is 556. The van der Waals surface area contributed by atoms with E-state index in [0.717, 1.165) is 5.01 Å². The number of carboxylic acid groups (broad SMARTS) is 1. The van der Waals surface area contributed by atoms with Gasteiger partial charge in [0.25, 0.3) is 5.91 Å². The van der Waals surface area contributed by atoms with Gasteiger partial charge in [0, 0.05) is 25.0 Å². The van der Waals surface area contributed by atoms with Crippen LogP contribution in [0.3, 0.4) is 0 Å². The third-order valence-electron chi connectivity index (χ3n) is 4.05. The maximum absolute atomic E-state index is 12.5. The molecule has 22 heavy (non-hydrogen) atoms. The van der Waals surface area contributed by atoms with E-state index in [1.807, 2.05) is 32.8 Å². The molecule has 0 radical (unpaired) electrons. The van der Waals surface area contributed by atoms with E-state index < -0.39 is 11.9 Å². The molecule has 122 valence electrons. The lowest BCUT2D eigenvalue weighted by Crippen LogP contribution is -2.30. The minimum absolute atomic E-state index is 0.00123. The van der Waals surface area contributed by atoms with Crippen LogP contribution in [-0.2, 0) is 11.3 Å². The van der Waals surface area contributed by atoms with Gasteiger partial charge >= 0.3 is 5.97 Å². The molecule has 1 aliphatic heterocycles. The fraction of sp³-hybridized carbons (Fsp3) is 0.667. The van der Waals surface area contributed by atoms with E-state index in [1.54, 1.807) is 10.3 Å². The van der Waals surface area contributed by atoms with Crippen LogP contribution in [0.5, 0.6) is 0 Å². The fourth-order valence-corrected chi connectivity index (χ4v) is 3.73. The zero-order valence-electron chi connectivity index (χ0n) is 13.4. The second-order valence-electron chi connectivity index (χ2n) is 6.43. The molecule has 6 nitrogen and oxygen atoms in total. The molecule has 1 saturated heterocycles. The molecule has 1 fully saturated rings. The lowest BCUT2D eigenvalue weighted by molar-refractivity contribution is -0.142. The molecule has 0 aromatic carbocycles. The van der Waals surface area contributed by atoms with Crippen molar-refractivity contribution >= 4 is 23.2 Å². The standard InChI is InChI=1S/C15H23N3O3S/c1-9(2)10-5-18(6-11(10)15(20)21)14(19)12-8-22-13(16-12)7-17(3)4/h8-11H,5-7H2,1-4H3,(H,20,21)/t10-,11+/m1/s1. The van der Waals surface area contributed by atoms with Crippen LogP contribution in [0.1, 0.15) is 29.3 Å². The molecule has 0 aliphatic carbocycles. The van der Waals surface area contributed by atoms with Crippen molar-refractivity contribution in [3.05, 3.63) is 16.1 Å². The number of amides is 1. The van der Waals surface area contributed by atoms with Gasteiger partial charge in [-0.15, -0.1) is 11.3 Å². The van der Waals surface area contributed by atoms with Crippen LogP contribution in [0.2, 0.25) is 0 Å². The monoisotopic (exact) mass is 325 g/mol. The van der Waals surface area contributed by atoms with E-state index in [9.17, 15) is 14.7 Å². The quantitative estimate of drug-likeness (QED) is 0.891. The Labute approximate surface area is 134 Å². The number of carboxylic acids is 1. The van der Waals surface area contributed by atoms with Gasteiger partial charge in [0.15, 0.2) is 0 Å². The number of hydrogen-bond donors (Lipinski definition) is 1. The number of rotatable bonds is 5. The highest BCUT2D eigenvalue weighted by atomic mass is 32.1. The highest BCUT2D eigenvalue weighted by Gasteiger charge is 2.41. The van der Waals surface area contributed by atoms with E-state index in [-0.39, 0.29) is 24.3 Å². The van der Waals surface area contributed by atoms with Crippen molar-refractivity contribution in [3.63, 3.8) is 0 Å². The summed E-state index contributed by atoms with van der Waals surface area (Å²) in [5, 5.41) is 12.0. The summed E-state index contributed by atoms with van der Waals surface area (Å²) in [6, 6.07) is 0. The summed E-state index contributed by atoms with van der Waals surface area (Å²) < 4.78 is 0. The number of carbonyl (C=O) groups is 2. The van der Waals surface area contributed by atoms with Crippen LogP contribution in [-0.4, -0.2) is 59.0 Å². The van der Waals surface area contributed by atoms with Crippen LogP contribution in [0.4, 0.5) is 0 Å². The molecule has 1 aromatic heterocycles. The molecule has 0 saturated carbocycles. The average molecular weight is 325 g/mol. The number of carbonyl (C=O) groups excluding carboxylic acids is 1. The van der Waals surface area contributed by atoms with E-state index in [0.29, 0.717) is 18.8 Å². The molecule has 1 aromatic rings. The number of thiazole rings is 1. The molecule has 1 N–H and O–H groups in total. The third-order valence-corrected chi connectivity index (χ3v) is 4.88. The second-order valence-corrected chi connectivity index (χ2v) is 7.37. The van der Waals surface area contributed by atoms with E-state index in [2.05, 4.69) is 4.98 Å². The Morgan fingerprint density at radius 2 is 2.14 bits per heavy atom. The summed E-state index contributed by atoms with van der Waals surface area (Å²) in [4.78, 5) is 31.9.